The van der Waals surface area contributed by atoms with Crippen molar-refractivity contribution in [2.75, 3.05) is 13.7 Å². The summed E-state index contributed by atoms with van der Waals surface area (Å²) in [4.78, 5) is 10.9. The van der Waals surface area contributed by atoms with Crippen LogP contribution in [0.1, 0.15) is 6.42 Å². The second-order valence-corrected chi connectivity index (χ2v) is 2.49. The molecular formula is C7H11NO3. The van der Waals surface area contributed by atoms with Crippen molar-refractivity contribution in [3.63, 3.8) is 0 Å². The molecule has 1 N–H and O–H groups in total. The molecule has 4 nitrogen and oxygen atoms in total. The maximum atomic E-state index is 10.9. The zero-order chi connectivity index (χ0) is 8.27. The normalized spacial score (nSPS) is 30.0. The lowest BCUT2D eigenvalue weighted by Crippen LogP contribution is -3.03. The van der Waals surface area contributed by atoms with Crippen molar-refractivity contribution in [3.05, 3.63) is 17.5 Å². The number of nitrogens with one attached hydrogen (secondary N) is 1. The Kier molecular flexibility index (Phi) is 2.62. The molecule has 0 radical (unpaired) electrons. The van der Waals surface area contributed by atoms with Gasteiger partial charge in [0.25, 0.3) is 0 Å². The quantitative estimate of drug-likeness (QED) is 0.395. The Hall–Kier alpha value is -0.870. The van der Waals surface area contributed by atoms with E-state index in [2.05, 4.69) is 4.74 Å². The highest BCUT2D eigenvalue weighted by Gasteiger charge is 2.20. The molecule has 0 spiro atoms. The van der Waals surface area contributed by atoms with Crippen molar-refractivity contribution in [2.24, 2.45) is 5.92 Å². The maximum Gasteiger partial charge on any atom is 0.312 e. The SMILES string of the molecule is COC(=O)C1C=C[NH+]([O-])CC1. The van der Waals surface area contributed by atoms with E-state index in [1.54, 1.807) is 6.08 Å². The summed E-state index contributed by atoms with van der Waals surface area (Å²) in [5.41, 5.74) is 0. The fourth-order valence-corrected chi connectivity index (χ4v) is 1.05. The molecule has 0 fully saturated rings. The molecule has 1 rings (SSSR count). The van der Waals surface area contributed by atoms with Crippen molar-refractivity contribution in [3.8, 4) is 0 Å². The molecule has 0 aromatic carbocycles. The van der Waals surface area contributed by atoms with Gasteiger partial charge in [0.1, 0.15) is 0 Å². The van der Waals surface area contributed by atoms with Gasteiger partial charge in [-0.15, -0.1) is 0 Å². The topological polar surface area (TPSA) is 53.8 Å². The van der Waals surface area contributed by atoms with Gasteiger partial charge in [-0.05, 0) is 6.08 Å². The molecule has 1 heterocycles. The van der Waals surface area contributed by atoms with E-state index in [9.17, 15) is 10.0 Å². The largest absolute Gasteiger partial charge is 0.629 e. The van der Waals surface area contributed by atoms with E-state index < -0.39 is 0 Å². The third-order valence-corrected chi connectivity index (χ3v) is 1.72. The lowest BCUT2D eigenvalue weighted by atomic mass is 10.0. The first kappa shape index (κ1) is 8.23. The van der Waals surface area contributed by atoms with Crippen LogP contribution < -0.4 is 5.06 Å². The number of rotatable bonds is 1. The Balaban J connectivity index is 2.50. The molecule has 11 heavy (non-hydrogen) atoms. The average Bonchev–Trinajstić information content (AvgIpc) is 2.05. The lowest BCUT2D eigenvalue weighted by molar-refractivity contribution is -0.794. The lowest BCUT2D eigenvalue weighted by Gasteiger charge is -2.23. The van der Waals surface area contributed by atoms with Crippen LogP contribution in [-0.4, -0.2) is 19.6 Å². The third kappa shape index (κ3) is 2.03. The van der Waals surface area contributed by atoms with Crippen molar-refractivity contribution >= 4 is 5.97 Å². The molecule has 0 saturated carbocycles. The number of quaternary nitrogens is 1. The van der Waals surface area contributed by atoms with Crippen molar-refractivity contribution in [2.45, 2.75) is 6.42 Å². The van der Waals surface area contributed by atoms with Gasteiger partial charge in [-0.25, -0.2) is 0 Å². The second-order valence-electron chi connectivity index (χ2n) is 2.49. The summed E-state index contributed by atoms with van der Waals surface area (Å²) in [5, 5.41) is 10.8. The van der Waals surface area contributed by atoms with Crippen LogP contribution in [0.25, 0.3) is 0 Å². The van der Waals surface area contributed by atoms with Crippen LogP contribution in [0.3, 0.4) is 0 Å². The van der Waals surface area contributed by atoms with Gasteiger partial charge in [0.2, 0.25) is 0 Å². The number of hydroxylamine groups is 2. The molecular weight excluding hydrogens is 146 g/mol. The summed E-state index contributed by atoms with van der Waals surface area (Å²) in [5.74, 6) is -0.466. The Bertz CT molecular complexity index is 179. The zero-order valence-electron chi connectivity index (χ0n) is 6.37. The smallest absolute Gasteiger partial charge is 0.312 e. The van der Waals surface area contributed by atoms with Crippen LogP contribution >= 0.6 is 0 Å². The molecule has 2 atom stereocenters. The minimum atomic E-state index is -0.256. The predicted octanol–water partition coefficient (Wildman–Crippen LogP) is -0.924. The van der Waals surface area contributed by atoms with Crippen LogP contribution in [0.2, 0.25) is 0 Å². The number of esters is 1. The average molecular weight is 157 g/mol. The summed E-state index contributed by atoms with van der Waals surface area (Å²) >= 11 is 0. The minimum Gasteiger partial charge on any atom is -0.629 e. The van der Waals surface area contributed by atoms with Gasteiger partial charge in [0.15, 0.2) is 0 Å². The van der Waals surface area contributed by atoms with Gasteiger partial charge >= 0.3 is 5.97 Å². The first-order chi connectivity index (χ1) is 5.24. The Labute approximate surface area is 65.0 Å². The molecule has 0 saturated heterocycles. The fraction of sp³-hybridized carbons (Fsp3) is 0.571. The summed E-state index contributed by atoms with van der Waals surface area (Å²) in [6.45, 7) is 0.455. The van der Waals surface area contributed by atoms with Gasteiger partial charge in [0, 0.05) is 6.42 Å². The first-order valence-electron chi connectivity index (χ1n) is 3.53. The molecule has 2 unspecified atom stereocenters. The van der Waals surface area contributed by atoms with Crippen molar-refractivity contribution in [1.29, 1.82) is 0 Å². The zero-order valence-corrected chi connectivity index (χ0v) is 6.37. The van der Waals surface area contributed by atoms with E-state index in [-0.39, 0.29) is 17.0 Å². The molecule has 1 aliphatic rings. The van der Waals surface area contributed by atoms with Crippen LogP contribution in [0.4, 0.5) is 0 Å². The molecule has 0 aliphatic carbocycles. The van der Waals surface area contributed by atoms with Crippen LogP contribution in [0.5, 0.6) is 0 Å². The van der Waals surface area contributed by atoms with Gasteiger partial charge in [-0.2, -0.15) is 0 Å². The summed E-state index contributed by atoms with van der Waals surface area (Å²) in [7, 11) is 1.35. The van der Waals surface area contributed by atoms with Gasteiger partial charge in [-0.1, -0.05) is 0 Å². The molecule has 0 bridgehead atoms. The Morgan fingerprint density at radius 3 is 3.00 bits per heavy atom. The number of carbonyl (C=O) groups is 1. The van der Waals surface area contributed by atoms with E-state index >= 15 is 0 Å². The summed E-state index contributed by atoms with van der Waals surface area (Å²) < 4.78 is 4.52. The summed E-state index contributed by atoms with van der Waals surface area (Å²) in [6.07, 6.45) is 3.64. The van der Waals surface area contributed by atoms with Crippen molar-refractivity contribution in [1.82, 2.24) is 0 Å². The molecule has 4 heteroatoms. The molecule has 1 aliphatic heterocycles. The standard InChI is InChI=1S/C7H11NO3/c1-11-7(9)6-2-4-8(10)5-3-6/h2,4,6,8H,3,5H2,1H3. The van der Waals surface area contributed by atoms with Gasteiger partial charge in [-0.3, -0.25) is 4.79 Å². The molecule has 62 valence electrons. The predicted molar refractivity (Wildman–Crippen MR) is 38.5 cm³/mol. The van der Waals surface area contributed by atoms with Crippen LogP contribution in [0, 0.1) is 11.1 Å². The molecule has 0 amide bonds. The minimum absolute atomic E-state index is 0.0881. The monoisotopic (exact) mass is 157 g/mol. The van der Waals surface area contributed by atoms with E-state index in [1.807, 2.05) is 0 Å². The van der Waals surface area contributed by atoms with Crippen molar-refractivity contribution < 1.29 is 14.6 Å². The maximum absolute atomic E-state index is 10.9. The highest BCUT2D eigenvalue weighted by atomic mass is 16.5. The summed E-state index contributed by atoms with van der Waals surface area (Å²) in [6, 6.07) is 0. The number of carbonyl (C=O) groups excluding carboxylic acids is 1. The number of ether oxygens (including phenoxy) is 1. The molecule has 0 aromatic rings. The van der Waals surface area contributed by atoms with Crippen LogP contribution in [-0.2, 0) is 9.53 Å². The highest BCUT2D eigenvalue weighted by Crippen LogP contribution is 2.07. The second kappa shape index (κ2) is 3.50. The van der Waals surface area contributed by atoms with Gasteiger partial charge < -0.3 is 15.0 Å². The van der Waals surface area contributed by atoms with E-state index in [4.69, 9.17) is 0 Å². The molecule has 0 aromatic heterocycles. The highest BCUT2D eigenvalue weighted by molar-refractivity contribution is 5.74. The van der Waals surface area contributed by atoms with E-state index in [0.29, 0.717) is 13.0 Å². The third-order valence-electron chi connectivity index (χ3n) is 1.72. The number of hydrogen-bond acceptors (Lipinski definition) is 3. The Morgan fingerprint density at radius 1 is 1.82 bits per heavy atom. The number of methoxy groups -OCH3 is 1. The van der Waals surface area contributed by atoms with Crippen LogP contribution in [0.15, 0.2) is 12.3 Å². The van der Waals surface area contributed by atoms with E-state index in [1.165, 1.54) is 13.3 Å². The number of hydrogen-bond donors (Lipinski definition) is 1. The Morgan fingerprint density at radius 2 is 2.55 bits per heavy atom. The fourth-order valence-electron chi connectivity index (χ4n) is 1.05. The van der Waals surface area contributed by atoms with E-state index in [0.717, 1.165) is 0 Å². The van der Waals surface area contributed by atoms with Gasteiger partial charge in [0.05, 0.1) is 25.8 Å². The first-order valence-corrected chi connectivity index (χ1v) is 3.53.